The number of nitrogens with zero attached hydrogens (tertiary/aromatic N) is 2. The number of anilines is 1. The fraction of sp³-hybridized carbons (Fsp3) is 0.429. The molecule has 0 amide bonds. The van der Waals surface area contributed by atoms with Gasteiger partial charge in [-0.05, 0) is 44.8 Å². The molecule has 0 spiro atoms. The van der Waals surface area contributed by atoms with Crippen molar-refractivity contribution in [1.29, 1.82) is 0 Å². The molecule has 0 unspecified atom stereocenters. The standard InChI is InChI=1S/C14H21FN2/c1-11-8-13(12(2)15)10-14(9-11)17(5)7-6-16(3)4/h8-10H,2,6-7H2,1,3-5H3. The van der Waals surface area contributed by atoms with Gasteiger partial charge in [0.1, 0.15) is 5.83 Å². The summed E-state index contributed by atoms with van der Waals surface area (Å²) in [6, 6.07) is 5.71. The van der Waals surface area contributed by atoms with E-state index in [0.29, 0.717) is 5.56 Å². The summed E-state index contributed by atoms with van der Waals surface area (Å²) in [5.41, 5.74) is 2.64. The highest BCUT2D eigenvalue weighted by Crippen LogP contribution is 2.22. The topological polar surface area (TPSA) is 6.48 Å². The van der Waals surface area contributed by atoms with E-state index in [2.05, 4.69) is 22.4 Å². The van der Waals surface area contributed by atoms with Gasteiger partial charge >= 0.3 is 0 Å². The number of likely N-dealkylation sites (N-methyl/N-ethyl adjacent to an activating group) is 2. The van der Waals surface area contributed by atoms with Gasteiger partial charge in [0, 0.05) is 31.4 Å². The zero-order chi connectivity index (χ0) is 13.0. The number of benzene rings is 1. The molecule has 0 N–H and O–H groups in total. The minimum Gasteiger partial charge on any atom is -0.373 e. The minimum atomic E-state index is -0.379. The Bertz CT molecular complexity index is 399. The predicted molar refractivity (Wildman–Crippen MR) is 73.1 cm³/mol. The van der Waals surface area contributed by atoms with Crippen LogP contribution >= 0.6 is 0 Å². The molecule has 0 aliphatic carbocycles. The third-order valence-corrected chi connectivity index (χ3v) is 2.70. The van der Waals surface area contributed by atoms with Crippen LogP contribution in [0.1, 0.15) is 11.1 Å². The molecule has 17 heavy (non-hydrogen) atoms. The van der Waals surface area contributed by atoms with E-state index in [1.165, 1.54) is 0 Å². The molecule has 3 heteroatoms. The van der Waals surface area contributed by atoms with Gasteiger partial charge in [-0.1, -0.05) is 6.58 Å². The smallest absolute Gasteiger partial charge is 0.123 e. The molecule has 94 valence electrons. The summed E-state index contributed by atoms with van der Waals surface area (Å²) in [5.74, 6) is -0.379. The van der Waals surface area contributed by atoms with Crippen molar-refractivity contribution in [3.63, 3.8) is 0 Å². The first kappa shape index (κ1) is 13.7. The van der Waals surface area contributed by atoms with Crippen molar-refractivity contribution in [1.82, 2.24) is 4.90 Å². The fourth-order valence-corrected chi connectivity index (χ4v) is 1.62. The number of hydrogen-bond acceptors (Lipinski definition) is 2. The van der Waals surface area contributed by atoms with E-state index >= 15 is 0 Å². The van der Waals surface area contributed by atoms with Crippen molar-refractivity contribution in [2.24, 2.45) is 0 Å². The van der Waals surface area contributed by atoms with Crippen LogP contribution in [-0.2, 0) is 0 Å². The van der Waals surface area contributed by atoms with Crippen LogP contribution < -0.4 is 4.90 Å². The lowest BCUT2D eigenvalue weighted by Crippen LogP contribution is -2.28. The summed E-state index contributed by atoms with van der Waals surface area (Å²) >= 11 is 0. The maximum atomic E-state index is 13.1. The van der Waals surface area contributed by atoms with Gasteiger partial charge in [0.15, 0.2) is 0 Å². The van der Waals surface area contributed by atoms with Crippen LogP contribution in [0.5, 0.6) is 0 Å². The van der Waals surface area contributed by atoms with Gasteiger partial charge in [-0.15, -0.1) is 0 Å². The molecule has 0 atom stereocenters. The Morgan fingerprint density at radius 3 is 2.35 bits per heavy atom. The highest BCUT2D eigenvalue weighted by molar-refractivity contribution is 5.64. The molecule has 0 saturated carbocycles. The second kappa shape index (κ2) is 5.82. The van der Waals surface area contributed by atoms with E-state index in [1.807, 2.05) is 40.2 Å². The molecule has 0 saturated heterocycles. The molecule has 0 radical (unpaired) electrons. The Morgan fingerprint density at radius 2 is 1.82 bits per heavy atom. The van der Waals surface area contributed by atoms with Gasteiger partial charge in [-0.3, -0.25) is 0 Å². The lowest BCUT2D eigenvalue weighted by Gasteiger charge is -2.22. The largest absolute Gasteiger partial charge is 0.373 e. The highest BCUT2D eigenvalue weighted by Gasteiger charge is 2.06. The Morgan fingerprint density at radius 1 is 1.18 bits per heavy atom. The van der Waals surface area contributed by atoms with E-state index in [0.717, 1.165) is 24.3 Å². The minimum absolute atomic E-state index is 0.379. The second-order valence-electron chi connectivity index (χ2n) is 4.69. The van der Waals surface area contributed by atoms with Gasteiger partial charge in [0.25, 0.3) is 0 Å². The quantitative estimate of drug-likeness (QED) is 0.775. The molecule has 1 rings (SSSR count). The number of rotatable bonds is 5. The van der Waals surface area contributed by atoms with E-state index in [4.69, 9.17) is 0 Å². The maximum absolute atomic E-state index is 13.1. The van der Waals surface area contributed by atoms with Crippen LogP contribution in [-0.4, -0.2) is 39.1 Å². The normalized spacial score (nSPS) is 10.7. The van der Waals surface area contributed by atoms with Crippen molar-refractivity contribution >= 4 is 11.5 Å². The van der Waals surface area contributed by atoms with Crippen molar-refractivity contribution in [3.8, 4) is 0 Å². The maximum Gasteiger partial charge on any atom is 0.123 e. The first-order valence-corrected chi connectivity index (χ1v) is 5.72. The van der Waals surface area contributed by atoms with Crippen molar-refractivity contribution in [3.05, 3.63) is 35.9 Å². The van der Waals surface area contributed by atoms with E-state index in [1.54, 1.807) is 0 Å². The number of aryl methyl sites for hydroxylation is 1. The molecule has 1 aromatic rings. The van der Waals surface area contributed by atoms with Crippen LogP contribution in [0, 0.1) is 6.92 Å². The lowest BCUT2D eigenvalue weighted by molar-refractivity contribution is 0.416. The molecule has 0 bridgehead atoms. The van der Waals surface area contributed by atoms with E-state index < -0.39 is 0 Å². The van der Waals surface area contributed by atoms with Crippen LogP contribution in [0.25, 0.3) is 5.83 Å². The first-order valence-electron chi connectivity index (χ1n) is 5.72. The molecule has 0 aromatic heterocycles. The summed E-state index contributed by atoms with van der Waals surface area (Å²) in [6.07, 6.45) is 0. The molecular weight excluding hydrogens is 215 g/mol. The zero-order valence-electron chi connectivity index (χ0n) is 11.1. The summed E-state index contributed by atoms with van der Waals surface area (Å²) < 4.78 is 13.1. The Balaban J connectivity index is 2.86. The average Bonchev–Trinajstić information content (AvgIpc) is 2.24. The zero-order valence-corrected chi connectivity index (χ0v) is 11.1. The molecule has 0 aliphatic heterocycles. The summed E-state index contributed by atoms with van der Waals surface area (Å²) in [5, 5.41) is 0. The van der Waals surface area contributed by atoms with Crippen molar-refractivity contribution in [2.75, 3.05) is 39.1 Å². The second-order valence-corrected chi connectivity index (χ2v) is 4.69. The molecular formula is C14H21FN2. The average molecular weight is 236 g/mol. The van der Waals surface area contributed by atoms with Crippen LogP contribution in [0.4, 0.5) is 10.1 Å². The molecule has 2 nitrogen and oxygen atoms in total. The molecule has 0 aliphatic rings. The molecule has 0 fully saturated rings. The van der Waals surface area contributed by atoms with Crippen molar-refractivity contribution < 1.29 is 4.39 Å². The van der Waals surface area contributed by atoms with Crippen LogP contribution in [0.15, 0.2) is 24.8 Å². The number of halogens is 1. The van der Waals surface area contributed by atoms with Crippen molar-refractivity contribution in [2.45, 2.75) is 6.92 Å². The Hall–Kier alpha value is -1.35. The van der Waals surface area contributed by atoms with Gasteiger partial charge in [0.05, 0.1) is 0 Å². The van der Waals surface area contributed by atoms with E-state index in [9.17, 15) is 4.39 Å². The first-order chi connectivity index (χ1) is 7.90. The van der Waals surface area contributed by atoms with Gasteiger partial charge in [0.2, 0.25) is 0 Å². The van der Waals surface area contributed by atoms with Crippen LogP contribution in [0.3, 0.4) is 0 Å². The molecule has 1 aromatic carbocycles. The SMILES string of the molecule is C=C(F)c1cc(C)cc(N(C)CCN(C)C)c1. The predicted octanol–water partition coefficient (Wildman–Crippen LogP) is 2.93. The molecule has 0 heterocycles. The summed E-state index contributed by atoms with van der Waals surface area (Å²) in [6.45, 7) is 7.20. The Labute approximate surface area is 103 Å². The third kappa shape index (κ3) is 4.19. The lowest BCUT2D eigenvalue weighted by atomic mass is 10.1. The summed E-state index contributed by atoms with van der Waals surface area (Å²) in [7, 11) is 6.10. The number of hydrogen-bond donors (Lipinski definition) is 0. The van der Waals surface area contributed by atoms with E-state index in [-0.39, 0.29) is 5.83 Å². The third-order valence-electron chi connectivity index (χ3n) is 2.70. The fourth-order valence-electron chi connectivity index (χ4n) is 1.62. The monoisotopic (exact) mass is 236 g/mol. The highest BCUT2D eigenvalue weighted by atomic mass is 19.1. The van der Waals surface area contributed by atoms with Crippen LogP contribution in [0.2, 0.25) is 0 Å². The summed E-state index contributed by atoms with van der Waals surface area (Å²) in [4.78, 5) is 4.25. The van der Waals surface area contributed by atoms with Gasteiger partial charge < -0.3 is 9.80 Å². The Kier molecular flexibility index (Phi) is 4.70. The van der Waals surface area contributed by atoms with Gasteiger partial charge in [-0.2, -0.15) is 0 Å². The van der Waals surface area contributed by atoms with Gasteiger partial charge in [-0.25, -0.2) is 4.39 Å².